The van der Waals surface area contributed by atoms with Crippen LogP contribution in [0.1, 0.15) is 27.7 Å². The zero-order valence-corrected chi connectivity index (χ0v) is 54.1. The fourth-order valence-electron chi connectivity index (χ4n) is 9.55. The van der Waals surface area contributed by atoms with Crippen LogP contribution in [0.3, 0.4) is 0 Å². The van der Waals surface area contributed by atoms with Gasteiger partial charge in [-0.3, -0.25) is 0 Å². The molecule has 0 radical (unpaired) electrons. The van der Waals surface area contributed by atoms with E-state index in [2.05, 4.69) is 161 Å². The summed E-state index contributed by atoms with van der Waals surface area (Å²) in [6.07, 6.45) is 0. The average Bonchev–Trinajstić information content (AvgIpc) is 2.16. The average molecular weight is 1400 g/mol. The minimum Gasteiger partial charge on any atom is -0.399 e. The van der Waals surface area contributed by atoms with E-state index in [4.69, 9.17) is 62.4 Å². The summed E-state index contributed by atoms with van der Waals surface area (Å²) in [4.78, 5) is 29.0. The first kappa shape index (κ1) is 60.2. The Morgan fingerprint density at radius 1 is 0.326 bits per heavy atom. The number of hydrogen-bond acceptors (Lipinski definition) is 8. The monoisotopic (exact) mass is 1400 g/mol. The van der Waals surface area contributed by atoms with Crippen LogP contribution in [0.25, 0.3) is 102 Å². The summed E-state index contributed by atoms with van der Waals surface area (Å²) >= 11 is 21.3. The highest BCUT2D eigenvalue weighted by Crippen LogP contribution is 2.40. The van der Waals surface area contributed by atoms with Crippen molar-refractivity contribution in [1.29, 1.82) is 0 Å². The Balaban J connectivity index is 0.000000156. The molecule has 10 aromatic carbocycles. The van der Waals surface area contributed by atoms with E-state index < -0.39 is 18.3 Å². The Kier molecular flexibility index (Phi) is 18.9. The topological polar surface area (TPSA) is 95.8 Å². The largest absolute Gasteiger partial charge is 0.495 e. The maximum Gasteiger partial charge on any atom is 0.495 e. The van der Waals surface area contributed by atoms with Crippen molar-refractivity contribution < 1.29 is 9.31 Å². The summed E-state index contributed by atoms with van der Waals surface area (Å²) in [6, 6.07) is 84.9. The fourth-order valence-corrected chi connectivity index (χ4v) is 11.3. The number of halogens is 5. The van der Waals surface area contributed by atoms with Crippen molar-refractivity contribution in [1.82, 2.24) is 29.9 Å². The van der Waals surface area contributed by atoms with Crippen molar-refractivity contribution in [2.24, 2.45) is 0 Å². The van der Waals surface area contributed by atoms with E-state index in [-0.39, 0.29) is 0 Å². The summed E-state index contributed by atoms with van der Waals surface area (Å²) in [7, 11) is -0.434. The molecule has 1 aliphatic heterocycles. The standard InChI is InChI=1S/C33H30BN3O2.C33H21BrClN3.C6H3BrClI/c1-32(2)33(3,4)39-34(38-32)28-18-12-11-17-27(28)23-19-21-26(22-20-23)31-36-29(24-13-7-5-8-14-24)35-30(37-31)25-15-9-6-10-16-25;34-30-20-19-26(35)21-29(30)28-14-8-7-13-27(28)22-15-17-25(18-16-22)33-37-31(23-9-3-1-4-10-23)36-32(38-33)24-11-5-2-6-12-24;7-5-2-1-4(8)3-6(5)9/h5-22H,1-4H3;1-21H;1-3H. The quantitative estimate of drug-likeness (QED) is 0.0759. The predicted molar refractivity (Wildman–Crippen MR) is 369 cm³/mol. The molecule has 0 bridgehead atoms. The molecule has 0 N–H and O–H groups in total. The van der Waals surface area contributed by atoms with Crippen LogP contribution in [-0.4, -0.2) is 48.2 Å². The first-order chi connectivity index (χ1) is 41.7. The maximum atomic E-state index is 6.37. The highest BCUT2D eigenvalue weighted by molar-refractivity contribution is 14.1. The molecule has 86 heavy (non-hydrogen) atoms. The van der Waals surface area contributed by atoms with Gasteiger partial charge in [0.1, 0.15) is 0 Å². The second-order valence-corrected chi connectivity index (χ2v) is 24.9. The molecule has 0 saturated carbocycles. The Morgan fingerprint density at radius 2 is 0.628 bits per heavy atom. The second kappa shape index (κ2) is 27.0. The molecule has 0 unspecified atom stereocenters. The van der Waals surface area contributed by atoms with Crippen LogP contribution in [0.15, 0.2) is 264 Å². The van der Waals surface area contributed by atoms with E-state index in [0.717, 1.165) is 89.8 Å². The van der Waals surface area contributed by atoms with Crippen molar-refractivity contribution >= 4 is 90.2 Å². The van der Waals surface area contributed by atoms with E-state index >= 15 is 0 Å². The molecule has 14 heteroatoms. The SMILES string of the molecule is CC1(C)OB(c2ccccc2-c2ccc(-c3nc(-c4ccccc4)nc(-c4ccccc4)n3)cc2)OC1(C)C.Clc1ccc(Br)c(-c2ccccc2-c2ccc(-c3nc(-c4ccccc4)nc(-c4ccccc4)n3)cc2)c1.Clc1ccc(Br)c(I)c1. The normalized spacial score (nSPS) is 13.0. The summed E-state index contributed by atoms with van der Waals surface area (Å²) in [5.41, 5.74) is 12.4. The van der Waals surface area contributed by atoms with Gasteiger partial charge in [-0.05, 0) is 141 Å². The van der Waals surface area contributed by atoms with E-state index in [1.165, 1.54) is 0 Å². The molecule has 13 rings (SSSR count). The van der Waals surface area contributed by atoms with Gasteiger partial charge in [-0.15, -0.1) is 0 Å². The third-order valence-electron chi connectivity index (χ3n) is 14.8. The highest BCUT2D eigenvalue weighted by Gasteiger charge is 2.52. The van der Waals surface area contributed by atoms with Crippen molar-refractivity contribution in [2.75, 3.05) is 0 Å². The zero-order valence-electron chi connectivity index (χ0n) is 47.2. The van der Waals surface area contributed by atoms with Crippen LogP contribution in [0, 0.1) is 3.57 Å². The third-order valence-corrected chi connectivity index (χ3v) is 18.3. The lowest BCUT2D eigenvalue weighted by atomic mass is 9.74. The lowest BCUT2D eigenvalue weighted by Crippen LogP contribution is -2.41. The smallest absolute Gasteiger partial charge is 0.399 e. The Hall–Kier alpha value is -7.53. The molecular formula is C72H54BBr2Cl2IN6O2. The van der Waals surface area contributed by atoms with Crippen LogP contribution in [0.2, 0.25) is 10.0 Å². The molecule has 1 aliphatic rings. The van der Waals surface area contributed by atoms with Crippen molar-refractivity contribution in [3.8, 4) is 102 Å². The van der Waals surface area contributed by atoms with E-state index in [9.17, 15) is 0 Å². The first-order valence-electron chi connectivity index (χ1n) is 27.7. The summed E-state index contributed by atoms with van der Waals surface area (Å²) in [6.45, 7) is 8.30. The number of benzene rings is 10. The van der Waals surface area contributed by atoms with Crippen molar-refractivity contribution in [3.63, 3.8) is 0 Å². The molecule has 0 amide bonds. The Morgan fingerprint density at radius 3 is 1.01 bits per heavy atom. The molecule has 2 aromatic heterocycles. The predicted octanol–water partition coefficient (Wildman–Crippen LogP) is 20.2. The van der Waals surface area contributed by atoms with Gasteiger partial charge in [0.2, 0.25) is 0 Å². The van der Waals surface area contributed by atoms with Crippen LogP contribution < -0.4 is 5.46 Å². The zero-order chi connectivity index (χ0) is 59.8. The van der Waals surface area contributed by atoms with Gasteiger partial charge in [0.25, 0.3) is 0 Å². The second-order valence-electron chi connectivity index (χ2n) is 21.1. The number of rotatable bonds is 10. The summed E-state index contributed by atoms with van der Waals surface area (Å²) in [5, 5.41) is 1.48. The van der Waals surface area contributed by atoms with Gasteiger partial charge < -0.3 is 9.31 Å². The molecule has 0 atom stereocenters. The number of nitrogens with zero attached hydrogens (tertiary/aromatic N) is 6. The number of hydrogen-bond donors (Lipinski definition) is 0. The third kappa shape index (κ3) is 14.1. The van der Waals surface area contributed by atoms with Crippen LogP contribution in [-0.2, 0) is 9.31 Å². The van der Waals surface area contributed by atoms with Crippen LogP contribution in [0.4, 0.5) is 0 Å². The van der Waals surface area contributed by atoms with Gasteiger partial charge >= 0.3 is 7.12 Å². The van der Waals surface area contributed by atoms with Gasteiger partial charge in [-0.25, -0.2) is 29.9 Å². The van der Waals surface area contributed by atoms with Crippen LogP contribution >= 0.6 is 77.7 Å². The van der Waals surface area contributed by atoms with E-state index in [1.54, 1.807) is 0 Å². The van der Waals surface area contributed by atoms with Crippen LogP contribution in [0.5, 0.6) is 0 Å². The number of aromatic nitrogens is 6. The Bertz CT molecular complexity index is 4180. The summed E-state index contributed by atoms with van der Waals surface area (Å²) in [5.74, 6) is 3.86. The molecule has 0 spiro atoms. The van der Waals surface area contributed by atoms with Gasteiger partial charge in [-0.2, -0.15) is 0 Å². The van der Waals surface area contributed by atoms with Gasteiger partial charge in [0, 0.05) is 55.9 Å². The summed E-state index contributed by atoms with van der Waals surface area (Å²) < 4.78 is 16.0. The minimum atomic E-state index is -0.434. The van der Waals surface area contributed by atoms with Crippen molar-refractivity contribution in [2.45, 2.75) is 38.9 Å². The molecule has 3 heterocycles. The van der Waals surface area contributed by atoms with Crippen molar-refractivity contribution in [3.05, 3.63) is 277 Å². The highest BCUT2D eigenvalue weighted by atomic mass is 127. The van der Waals surface area contributed by atoms with Gasteiger partial charge in [0.15, 0.2) is 34.9 Å². The molecule has 1 fully saturated rings. The molecule has 1 saturated heterocycles. The first-order valence-corrected chi connectivity index (χ1v) is 31.1. The minimum absolute atomic E-state index is 0.403. The fraction of sp³-hybridized carbons (Fsp3) is 0.0833. The van der Waals surface area contributed by atoms with Gasteiger partial charge in [0.05, 0.1) is 11.2 Å². The maximum absolute atomic E-state index is 6.37. The lowest BCUT2D eigenvalue weighted by molar-refractivity contribution is 0.00578. The molecule has 8 nitrogen and oxygen atoms in total. The van der Waals surface area contributed by atoms with E-state index in [0.29, 0.717) is 40.0 Å². The molecule has 0 aliphatic carbocycles. The Labute approximate surface area is 542 Å². The van der Waals surface area contributed by atoms with E-state index in [1.807, 2.05) is 176 Å². The molecule has 422 valence electrons. The molecule has 12 aromatic rings. The lowest BCUT2D eigenvalue weighted by Gasteiger charge is -2.32. The van der Waals surface area contributed by atoms with Gasteiger partial charge in [-0.1, -0.05) is 258 Å². The molecular weight excluding hydrogens is 1350 g/mol.